The molecule has 8 heteroatoms. The van der Waals surface area contributed by atoms with Gasteiger partial charge in [-0.05, 0) is 32.9 Å². The number of alkyl halides is 2. The molecule has 1 fully saturated rings. The highest BCUT2D eigenvalue weighted by atomic mass is 19.3. The number of nitrogens with zero attached hydrogens (tertiary/aromatic N) is 1. The van der Waals surface area contributed by atoms with Gasteiger partial charge in [-0.1, -0.05) is 12.1 Å². The first kappa shape index (κ1) is 20.1. The van der Waals surface area contributed by atoms with Crippen molar-refractivity contribution in [3.05, 3.63) is 29.8 Å². The second-order valence-electron chi connectivity index (χ2n) is 7.08. The highest BCUT2D eigenvalue weighted by molar-refractivity contribution is 5.91. The first-order chi connectivity index (χ1) is 12.2. The summed E-state index contributed by atoms with van der Waals surface area (Å²) in [5, 5.41) is 2.59. The molecule has 2 rings (SSSR count). The van der Waals surface area contributed by atoms with E-state index in [-0.39, 0.29) is 30.2 Å². The van der Waals surface area contributed by atoms with Crippen molar-refractivity contribution in [2.75, 3.05) is 25.1 Å². The first-order valence-corrected chi connectivity index (χ1v) is 8.41. The van der Waals surface area contributed by atoms with Gasteiger partial charge in [0.25, 0.3) is 6.43 Å². The molecule has 0 spiro atoms. The number of anilines is 1. The van der Waals surface area contributed by atoms with Crippen molar-refractivity contribution in [1.29, 1.82) is 0 Å². The Kier molecular flexibility index (Phi) is 6.52. The minimum atomic E-state index is -2.61. The molecule has 6 nitrogen and oxygen atoms in total. The van der Waals surface area contributed by atoms with Crippen LogP contribution < -0.4 is 5.32 Å². The Morgan fingerprint density at radius 2 is 2.12 bits per heavy atom. The van der Waals surface area contributed by atoms with Crippen molar-refractivity contribution in [1.82, 2.24) is 4.90 Å². The largest absolute Gasteiger partial charge is 0.444 e. The van der Waals surface area contributed by atoms with Crippen molar-refractivity contribution in [3.63, 3.8) is 0 Å². The minimum Gasteiger partial charge on any atom is -0.444 e. The van der Waals surface area contributed by atoms with Gasteiger partial charge in [-0.3, -0.25) is 4.79 Å². The summed E-state index contributed by atoms with van der Waals surface area (Å²) >= 11 is 0. The number of carbonyl (C=O) groups is 2. The maximum Gasteiger partial charge on any atom is 0.410 e. The predicted molar refractivity (Wildman–Crippen MR) is 92.2 cm³/mol. The number of ether oxygens (including phenoxy) is 2. The summed E-state index contributed by atoms with van der Waals surface area (Å²) in [6.07, 6.45) is -3.13. The summed E-state index contributed by atoms with van der Waals surface area (Å²) in [6.45, 7) is 6.21. The monoisotopic (exact) mass is 370 g/mol. The highest BCUT2D eigenvalue weighted by Gasteiger charge is 2.32. The van der Waals surface area contributed by atoms with E-state index in [2.05, 4.69) is 5.32 Å². The van der Waals surface area contributed by atoms with Gasteiger partial charge in [-0.2, -0.15) is 0 Å². The molecular weight excluding hydrogens is 346 g/mol. The Bertz CT molecular complexity index is 646. The number of rotatable bonds is 4. The molecule has 2 amide bonds. The average Bonchev–Trinajstić information content (AvgIpc) is 2.53. The average molecular weight is 370 g/mol. The molecule has 0 bridgehead atoms. The van der Waals surface area contributed by atoms with E-state index in [9.17, 15) is 18.4 Å². The summed E-state index contributed by atoms with van der Waals surface area (Å²) in [4.78, 5) is 26.1. The molecule has 1 aliphatic rings. The van der Waals surface area contributed by atoms with E-state index in [1.807, 2.05) is 0 Å². The van der Waals surface area contributed by atoms with Gasteiger partial charge >= 0.3 is 6.09 Å². The zero-order valence-corrected chi connectivity index (χ0v) is 15.1. The van der Waals surface area contributed by atoms with Crippen LogP contribution in [0.25, 0.3) is 0 Å². The zero-order chi connectivity index (χ0) is 19.3. The van der Waals surface area contributed by atoms with Crippen LogP contribution in [-0.4, -0.2) is 48.3 Å². The fourth-order valence-electron chi connectivity index (χ4n) is 2.56. The summed E-state index contributed by atoms with van der Waals surface area (Å²) in [5.74, 6) is -0.388. The van der Waals surface area contributed by atoms with Crippen LogP contribution in [0.1, 0.15) is 39.2 Å². The Balaban J connectivity index is 1.99. The molecule has 0 aliphatic carbocycles. The predicted octanol–water partition coefficient (Wildman–Crippen LogP) is 3.59. The second-order valence-corrected chi connectivity index (χ2v) is 7.08. The highest BCUT2D eigenvalue weighted by Crippen LogP contribution is 2.22. The van der Waals surface area contributed by atoms with E-state index in [4.69, 9.17) is 9.47 Å². The van der Waals surface area contributed by atoms with E-state index in [1.165, 1.54) is 29.2 Å². The molecule has 1 saturated heterocycles. The summed E-state index contributed by atoms with van der Waals surface area (Å²) in [7, 11) is 0. The standard InChI is InChI=1S/C18H24F2N2O4/c1-18(2,3)26-17(24)22-7-8-25-11-14(22)10-15(23)21-13-6-4-5-12(9-13)16(19)20/h4-6,9,14,16H,7-8,10-11H2,1-3H3,(H,21,23)/t14-/m1/s1. The SMILES string of the molecule is CC(C)(C)OC(=O)N1CCOC[C@H]1CC(=O)Nc1cccc(C(F)F)c1. The molecule has 1 aliphatic heterocycles. The molecule has 1 aromatic carbocycles. The number of hydrogen-bond acceptors (Lipinski definition) is 4. The van der Waals surface area contributed by atoms with E-state index in [0.29, 0.717) is 13.2 Å². The van der Waals surface area contributed by atoms with Crippen LogP contribution in [0.2, 0.25) is 0 Å². The van der Waals surface area contributed by atoms with Crippen molar-refractivity contribution in [2.45, 2.75) is 45.3 Å². The number of carbonyl (C=O) groups excluding carboxylic acids is 2. The van der Waals surface area contributed by atoms with Crippen LogP contribution >= 0.6 is 0 Å². The van der Waals surface area contributed by atoms with E-state index < -0.39 is 24.2 Å². The number of amides is 2. The Labute approximate surface area is 151 Å². The number of hydrogen-bond donors (Lipinski definition) is 1. The van der Waals surface area contributed by atoms with E-state index >= 15 is 0 Å². The number of nitrogens with one attached hydrogen (secondary N) is 1. The topological polar surface area (TPSA) is 67.9 Å². The third-order valence-corrected chi connectivity index (χ3v) is 3.70. The van der Waals surface area contributed by atoms with Gasteiger partial charge in [-0.25, -0.2) is 13.6 Å². The van der Waals surface area contributed by atoms with Crippen molar-refractivity contribution >= 4 is 17.7 Å². The molecule has 1 heterocycles. The van der Waals surface area contributed by atoms with Crippen LogP contribution in [0, 0.1) is 0 Å². The molecule has 0 aromatic heterocycles. The summed E-state index contributed by atoms with van der Waals surface area (Å²) in [5.41, 5.74) is -0.523. The first-order valence-electron chi connectivity index (χ1n) is 8.41. The minimum absolute atomic E-state index is 0.0157. The molecule has 1 N–H and O–H groups in total. The lowest BCUT2D eigenvalue weighted by Gasteiger charge is -2.36. The normalized spacial score (nSPS) is 17.9. The molecule has 144 valence electrons. The van der Waals surface area contributed by atoms with E-state index in [0.717, 1.165) is 0 Å². The third kappa shape index (κ3) is 5.94. The number of halogens is 2. The number of morpholine rings is 1. The molecular formula is C18H24F2N2O4. The van der Waals surface area contributed by atoms with Gasteiger partial charge in [-0.15, -0.1) is 0 Å². The van der Waals surface area contributed by atoms with Crippen molar-refractivity contribution < 1.29 is 27.8 Å². The third-order valence-electron chi connectivity index (χ3n) is 3.70. The summed E-state index contributed by atoms with van der Waals surface area (Å²) in [6, 6.07) is 5.03. The van der Waals surface area contributed by atoms with Gasteiger partial charge < -0.3 is 19.7 Å². The van der Waals surface area contributed by atoms with Crippen molar-refractivity contribution in [3.8, 4) is 0 Å². The second kappa shape index (κ2) is 8.44. The summed E-state index contributed by atoms with van der Waals surface area (Å²) < 4.78 is 36.2. The maximum atomic E-state index is 12.7. The fraction of sp³-hybridized carbons (Fsp3) is 0.556. The van der Waals surface area contributed by atoms with Gasteiger partial charge in [0.05, 0.1) is 19.3 Å². The van der Waals surface area contributed by atoms with Crippen molar-refractivity contribution in [2.24, 2.45) is 0 Å². The van der Waals surface area contributed by atoms with E-state index in [1.54, 1.807) is 20.8 Å². The molecule has 1 atom stereocenters. The lowest BCUT2D eigenvalue weighted by molar-refractivity contribution is -0.119. The maximum absolute atomic E-state index is 12.7. The molecule has 0 radical (unpaired) electrons. The Morgan fingerprint density at radius 3 is 2.77 bits per heavy atom. The lowest BCUT2D eigenvalue weighted by atomic mass is 10.1. The van der Waals surface area contributed by atoms with Gasteiger partial charge in [0.2, 0.25) is 5.91 Å². The molecule has 0 unspecified atom stereocenters. The van der Waals surface area contributed by atoms with Crippen LogP contribution in [-0.2, 0) is 14.3 Å². The Morgan fingerprint density at radius 1 is 1.38 bits per heavy atom. The van der Waals surface area contributed by atoms with Gasteiger partial charge in [0, 0.05) is 24.2 Å². The molecule has 1 aromatic rings. The molecule has 0 saturated carbocycles. The van der Waals surface area contributed by atoms with Crippen LogP contribution in [0.15, 0.2) is 24.3 Å². The smallest absolute Gasteiger partial charge is 0.410 e. The van der Waals surface area contributed by atoms with Crippen LogP contribution in [0.4, 0.5) is 19.3 Å². The van der Waals surface area contributed by atoms with Crippen LogP contribution in [0.3, 0.4) is 0 Å². The lowest BCUT2D eigenvalue weighted by Crippen LogP contribution is -2.51. The molecule has 26 heavy (non-hydrogen) atoms. The fourth-order valence-corrected chi connectivity index (χ4v) is 2.56. The number of benzene rings is 1. The quantitative estimate of drug-likeness (QED) is 0.880. The van der Waals surface area contributed by atoms with Gasteiger partial charge in [0.15, 0.2) is 0 Å². The van der Waals surface area contributed by atoms with Gasteiger partial charge in [0.1, 0.15) is 5.60 Å². The van der Waals surface area contributed by atoms with Crippen LogP contribution in [0.5, 0.6) is 0 Å². The zero-order valence-electron chi connectivity index (χ0n) is 15.1. The Hall–Kier alpha value is -2.22.